The van der Waals surface area contributed by atoms with Crippen LogP contribution < -0.4 is 5.73 Å². The molecule has 0 aliphatic rings. The first-order valence-corrected chi connectivity index (χ1v) is 6.13. The van der Waals surface area contributed by atoms with Crippen LogP contribution in [0.4, 0.5) is 13.2 Å². The maximum absolute atomic E-state index is 12.4. The van der Waals surface area contributed by atoms with Gasteiger partial charge in [-0.1, -0.05) is 32.9 Å². The van der Waals surface area contributed by atoms with E-state index < -0.39 is 11.7 Å². The predicted octanol–water partition coefficient (Wildman–Crippen LogP) is 3.87. The Morgan fingerprint density at radius 1 is 1.06 bits per heavy atom. The van der Waals surface area contributed by atoms with Crippen molar-refractivity contribution in [1.82, 2.24) is 0 Å². The Kier molecular flexibility index (Phi) is 4.79. The molecule has 0 radical (unpaired) electrons. The summed E-state index contributed by atoms with van der Waals surface area (Å²) in [6, 6.07) is 5.22. The van der Waals surface area contributed by atoms with Gasteiger partial charge in [0.05, 0.1) is 5.56 Å². The highest BCUT2D eigenvalue weighted by Crippen LogP contribution is 2.29. The van der Waals surface area contributed by atoms with Gasteiger partial charge in [-0.25, -0.2) is 0 Å². The molecule has 2 N–H and O–H groups in total. The van der Waals surface area contributed by atoms with Gasteiger partial charge in [-0.05, 0) is 36.0 Å². The molecule has 0 fully saturated rings. The van der Waals surface area contributed by atoms with Crippen molar-refractivity contribution >= 4 is 0 Å². The molecule has 1 aromatic rings. The summed E-state index contributed by atoms with van der Waals surface area (Å²) in [6.45, 7) is 6.26. The number of halogens is 3. The lowest BCUT2D eigenvalue weighted by molar-refractivity contribution is -0.137. The SMILES string of the molecule is CC(C)C(C)C(N)Cc1ccc(C(F)(F)F)cc1. The summed E-state index contributed by atoms with van der Waals surface area (Å²) in [6.07, 6.45) is -3.66. The summed E-state index contributed by atoms with van der Waals surface area (Å²) in [5.41, 5.74) is 6.29. The predicted molar refractivity (Wildman–Crippen MR) is 67.1 cm³/mol. The van der Waals surface area contributed by atoms with E-state index in [9.17, 15) is 13.2 Å². The zero-order chi connectivity index (χ0) is 13.9. The van der Waals surface area contributed by atoms with Crippen LogP contribution in [0, 0.1) is 11.8 Å². The van der Waals surface area contributed by atoms with Gasteiger partial charge in [0.2, 0.25) is 0 Å². The van der Waals surface area contributed by atoms with Crippen molar-refractivity contribution in [2.24, 2.45) is 17.6 Å². The molecule has 0 heterocycles. The first kappa shape index (κ1) is 15.0. The molecule has 0 bridgehead atoms. The normalized spacial score (nSPS) is 15.8. The molecule has 102 valence electrons. The molecule has 0 saturated heterocycles. The third-order valence-electron chi connectivity index (χ3n) is 3.48. The Morgan fingerprint density at radius 2 is 1.56 bits per heavy atom. The summed E-state index contributed by atoms with van der Waals surface area (Å²) < 4.78 is 37.2. The largest absolute Gasteiger partial charge is 0.416 e. The molecule has 1 aromatic carbocycles. The third-order valence-corrected chi connectivity index (χ3v) is 3.48. The van der Waals surface area contributed by atoms with Gasteiger partial charge < -0.3 is 5.73 Å². The van der Waals surface area contributed by atoms with Gasteiger partial charge in [0.1, 0.15) is 0 Å². The highest BCUT2D eigenvalue weighted by molar-refractivity contribution is 5.25. The second kappa shape index (κ2) is 5.74. The highest BCUT2D eigenvalue weighted by atomic mass is 19.4. The van der Waals surface area contributed by atoms with E-state index in [1.54, 1.807) is 0 Å². The van der Waals surface area contributed by atoms with Gasteiger partial charge >= 0.3 is 6.18 Å². The van der Waals surface area contributed by atoms with Gasteiger partial charge in [0.25, 0.3) is 0 Å². The monoisotopic (exact) mass is 259 g/mol. The fraction of sp³-hybridized carbons (Fsp3) is 0.571. The molecule has 2 unspecified atom stereocenters. The first-order valence-electron chi connectivity index (χ1n) is 6.13. The Hall–Kier alpha value is -1.03. The molecule has 1 rings (SSSR count). The molecule has 0 aromatic heterocycles. The van der Waals surface area contributed by atoms with Gasteiger partial charge in [-0.15, -0.1) is 0 Å². The lowest BCUT2D eigenvalue weighted by Gasteiger charge is -2.23. The second-order valence-electron chi connectivity index (χ2n) is 5.17. The number of nitrogens with two attached hydrogens (primary N) is 1. The quantitative estimate of drug-likeness (QED) is 0.872. The highest BCUT2D eigenvalue weighted by Gasteiger charge is 2.30. The third kappa shape index (κ3) is 4.02. The number of benzene rings is 1. The van der Waals surface area contributed by atoms with E-state index in [0.717, 1.165) is 17.7 Å². The first-order chi connectivity index (χ1) is 8.21. The summed E-state index contributed by atoms with van der Waals surface area (Å²) >= 11 is 0. The van der Waals surface area contributed by atoms with Crippen molar-refractivity contribution in [1.29, 1.82) is 0 Å². The van der Waals surface area contributed by atoms with Gasteiger partial charge in [0, 0.05) is 6.04 Å². The van der Waals surface area contributed by atoms with Crippen LogP contribution in [0.5, 0.6) is 0 Å². The number of hydrogen-bond donors (Lipinski definition) is 1. The molecule has 4 heteroatoms. The lowest BCUT2D eigenvalue weighted by atomic mass is 9.87. The van der Waals surface area contributed by atoms with Crippen molar-refractivity contribution in [3.63, 3.8) is 0 Å². The minimum Gasteiger partial charge on any atom is -0.327 e. The number of hydrogen-bond acceptors (Lipinski definition) is 1. The smallest absolute Gasteiger partial charge is 0.327 e. The summed E-state index contributed by atoms with van der Waals surface area (Å²) in [5.74, 6) is 0.807. The van der Waals surface area contributed by atoms with Crippen LogP contribution >= 0.6 is 0 Å². The maximum atomic E-state index is 12.4. The van der Waals surface area contributed by atoms with Gasteiger partial charge in [-0.3, -0.25) is 0 Å². The van der Waals surface area contributed by atoms with Crippen molar-refractivity contribution in [3.8, 4) is 0 Å². The van der Waals surface area contributed by atoms with E-state index in [1.165, 1.54) is 12.1 Å². The summed E-state index contributed by atoms with van der Waals surface area (Å²) in [5, 5.41) is 0. The minimum atomic E-state index is -4.27. The molecule has 0 spiro atoms. The van der Waals surface area contributed by atoms with Crippen LogP contribution in [-0.4, -0.2) is 6.04 Å². The topological polar surface area (TPSA) is 26.0 Å². The molecule has 2 atom stereocenters. The van der Waals surface area contributed by atoms with Crippen LogP contribution in [0.25, 0.3) is 0 Å². The van der Waals surface area contributed by atoms with E-state index in [2.05, 4.69) is 20.8 Å². The zero-order valence-corrected chi connectivity index (χ0v) is 11.0. The number of rotatable bonds is 4. The van der Waals surface area contributed by atoms with E-state index in [0.29, 0.717) is 18.3 Å². The molecule has 0 amide bonds. The molecular formula is C14H20F3N. The minimum absolute atomic E-state index is 0.0262. The Bertz CT molecular complexity index is 368. The van der Waals surface area contributed by atoms with E-state index in [4.69, 9.17) is 5.73 Å². The van der Waals surface area contributed by atoms with Gasteiger partial charge in [-0.2, -0.15) is 13.2 Å². The molecule has 0 saturated carbocycles. The fourth-order valence-electron chi connectivity index (χ4n) is 1.78. The number of alkyl halides is 3. The molecule has 0 aliphatic heterocycles. The fourth-order valence-corrected chi connectivity index (χ4v) is 1.78. The summed E-state index contributed by atoms with van der Waals surface area (Å²) in [7, 11) is 0. The Morgan fingerprint density at radius 3 is 1.94 bits per heavy atom. The van der Waals surface area contributed by atoms with Crippen molar-refractivity contribution in [3.05, 3.63) is 35.4 Å². The van der Waals surface area contributed by atoms with Crippen LogP contribution in [0.1, 0.15) is 31.9 Å². The second-order valence-corrected chi connectivity index (χ2v) is 5.17. The van der Waals surface area contributed by atoms with Crippen LogP contribution in [0.3, 0.4) is 0 Å². The van der Waals surface area contributed by atoms with E-state index in [-0.39, 0.29) is 6.04 Å². The maximum Gasteiger partial charge on any atom is 0.416 e. The average Bonchev–Trinajstić information content (AvgIpc) is 2.27. The Balaban J connectivity index is 2.70. The van der Waals surface area contributed by atoms with Crippen molar-refractivity contribution < 1.29 is 13.2 Å². The van der Waals surface area contributed by atoms with Crippen molar-refractivity contribution in [2.75, 3.05) is 0 Å². The molecule has 18 heavy (non-hydrogen) atoms. The van der Waals surface area contributed by atoms with Crippen LogP contribution in [0.2, 0.25) is 0 Å². The lowest BCUT2D eigenvalue weighted by Crippen LogP contribution is -2.33. The van der Waals surface area contributed by atoms with Crippen LogP contribution in [0.15, 0.2) is 24.3 Å². The zero-order valence-electron chi connectivity index (χ0n) is 11.0. The van der Waals surface area contributed by atoms with Crippen molar-refractivity contribution in [2.45, 2.75) is 39.4 Å². The Labute approximate surface area is 106 Å². The van der Waals surface area contributed by atoms with E-state index in [1.807, 2.05) is 0 Å². The standard InChI is InChI=1S/C14H20F3N/c1-9(2)10(3)13(18)8-11-4-6-12(7-5-11)14(15,16)17/h4-7,9-10,13H,8,18H2,1-3H3. The van der Waals surface area contributed by atoms with E-state index >= 15 is 0 Å². The summed E-state index contributed by atoms with van der Waals surface area (Å²) in [4.78, 5) is 0. The molecule has 1 nitrogen and oxygen atoms in total. The van der Waals surface area contributed by atoms with Crippen LogP contribution in [-0.2, 0) is 12.6 Å². The molecule has 0 aliphatic carbocycles. The van der Waals surface area contributed by atoms with Gasteiger partial charge in [0.15, 0.2) is 0 Å². The molecular weight excluding hydrogens is 239 g/mol. The average molecular weight is 259 g/mol.